The Morgan fingerprint density at radius 3 is 2.38 bits per heavy atom. The lowest BCUT2D eigenvalue weighted by molar-refractivity contribution is 0.240. The minimum atomic E-state index is -0.200. The van der Waals surface area contributed by atoms with Crippen LogP contribution in [0.5, 0.6) is 0 Å². The van der Waals surface area contributed by atoms with Crippen molar-refractivity contribution >= 4 is 23.3 Å². The maximum absolute atomic E-state index is 11.6. The Hall–Kier alpha value is -1.22. The van der Waals surface area contributed by atoms with Crippen molar-refractivity contribution in [2.75, 3.05) is 5.32 Å². The minimum Gasteiger partial charge on any atom is -0.333 e. The van der Waals surface area contributed by atoms with Gasteiger partial charge in [0, 0.05) is 16.2 Å². The molecule has 0 aliphatic carbocycles. The van der Waals surface area contributed by atoms with Crippen molar-refractivity contribution in [1.29, 1.82) is 0 Å². The van der Waals surface area contributed by atoms with Crippen LogP contribution in [-0.4, -0.2) is 11.6 Å². The summed E-state index contributed by atoms with van der Waals surface area (Å²) in [5.74, 6) is 0. The Morgan fingerprint density at radius 1 is 1.31 bits per heavy atom. The molecular weight excluding hydrogens is 224 g/mol. The van der Waals surface area contributed by atoms with E-state index in [9.17, 15) is 4.79 Å². The van der Waals surface area contributed by atoms with Gasteiger partial charge in [-0.3, -0.25) is 0 Å². The molecule has 0 heterocycles. The SMILES string of the molecule is CCC(C)(C)NC(=O)Nc1ccc(Cl)cc1. The Kier molecular flexibility index (Phi) is 4.19. The average molecular weight is 241 g/mol. The second-order valence-electron chi connectivity index (χ2n) is 4.32. The molecule has 2 N–H and O–H groups in total. The van der Waals surface area contributed by atoms with Gasteiger partial charge < -0.3 is 10.6 Å². The molecule has 16 heavy (non-hydrogen) atoms. The van der Waals surface area contributed by atoms with Crippen LogP contribution in [0.15, 0.2) is 24.3 Å². The van der Waals surface area contributed by atoms with Crippen LogP contribution in [0.4, 0.5) is 10.5 Å². The van der Waals surface area contributed by atoms with Crippen molar-refractivity contribution < 1.29 is 4.79 Å². The summed E-state index contributed by atoms with van der Waals surface area (Å²) >= 11 is 5.75. The third-order valence-electron chi connectivity index (χ3n) is 2.44. The molecule has 1 rings (SSSR count). The van der Waals surface area contributed by atoms with Crippen LogP contribution >= 0.6 is 11.6 Å². The second-order valence-corrected chi connectivity index (χ2v) is 4.76. The molecule has 1 aromatic rings. The zero-order valence-corrected chi connectivity index (χ0v) is 10.6. The van der Waals surface area contributed by atoms with E-state index in [1.54, 1.807) is 24.3 Å². The largest absolute Gasteiger partial charge is 0.333 e. The van der Waals surface area contributed by atoms with Crippen molar-refractivity contribution in [3.63, 3.8) is 0 Å². The van der Waals surface area contributed by atoms with E-state index in [0.29, 0.717) is 5.02 Å². The van der Waals surface area contributed by atoms with Gasteiger partial charge in [-0.1, -0.05) is 18.5 Å². The summed E-state index contributed by atoms with van der Waals surface area (Å²) < 4.78 is 0. The summed E-state index contributed by atoms with van der Waals surface area (Å²) in [6, 6.07) is 6.81. The first kappa shape index (κ1) is 12.8. The van der Waals surface area contributed by atoms with Gasteiger partial charge in [0.25, 0.3) is 0 Å². The first-order valence-electron chi connectivity index (χ1n) is 5.28. The topological polar surface area (TPSA) is 41.1 Å². The highest BCUT2D eigenvalue weighted by Crippen LogP contribution is 2.14. The molecular formula is C12H17ClN2O. The lowest BCUT2D eigenvalue weighted by atomic mass is 10.0. The molecule has 0 spiro atoms. The molecule has 0 radical (unpaired) electrons. The number of benzene rings is 1. The lowest BCUT2D eigenvalue weighted by Gasteiger charge is -2.24. The fraction of sp³-hybridized carbons (Fsp3) is 0.417. The quantitative estimate of drug-likeness (QED) is 0.832. The first-order chi connectivity index (χ1) is 7.43. The molecule has 0 fully saturated rings. The average Bonchev–Trinajstić information content (AvgIpc) is 2.21. The molecule has 0 saturated carbocycles. The number of hydrogen-bond acceptors (Lipinski definition) is 1. The van der Waals surface area contributed by atoms with Crippen LogP contribution in [0.1, 0.15) is 27.2 Å². The van der Waals surface area contributed by atoms with Gasteiger partial charge in [0.05, 0.1) is 0 Å². The van der Waals surface area contributed by atoms with E-state index >= 15 is 0 Å². The summed E-state index contributed by atoms with van der Waals surface area (Å²) in [7, 11) is 0. The number of carbonyl (C=O) groups excluding carboxylic acids is 1. The van der Waals surface area contributed by atoms with Crippen molar-refractivity contribution in [3.8, 4) is 0 Å². The third-order valence-corrected chi connectivity index (χ3v) is 2.69. The van der Waals surface area contributed by atoms with E-state index in [4.69, 9.17) is 11.6 Å². The van der Waals surface area contributed by atoms with Crippen molar-refractivity contribution in [2.45, 2.75) is 32.7 Å². The van der Waals surface area contributed by atoms with Crippen molar-refractivity contribution in [1.82, 2.24) is 5.32 Å². The van der Waals surface area contributed by atoms with E-state index in [1.807, 2.05) is 20.8 Å². The number of rotatable bonds is 3. The van der Waals surface area contributed by atoms with Crippen molar-refractivity contribution in [3.05, 3.63) is 29.3 Å². The molecule has 0 saturated heterocycles. The fourth-order valence-corrected chi connectivity index (χ4v) is 1.22. The van der Waals surface area contributed by atoms with Crippen LogP contribution in [0, 0.1) is 0 Å². The molecule has 88 valence electrons. The number of anilines is 1. The Bertz CT molecular complexity index is 360. The molecule has 0 atom stereocenters. The summed E-state index contributed by atoms with van der Waals surface area (Å²) in [5, 5.41) is 6.29. The molecule has 0 aliphatic heterocycles. The third kappa shape index (κ3) is 4.11. The smallest absolute Gasteiger partial charge is 0.319 e. The normalized spacial score (nSPS) is 11.0. The van der Waals surface area contributed by atoms with E-state index < -0.39 is 0 Å². The monoisotopic (exact) mass is 240 g/mol. The molecule has 0 aliphatic rings. The van der Waals surface area contributed by atoms with Gasteiger partial charge in [-0.25, -0.2) is 4.79 Å². The Balaban J connectivity index is 2.55. The summed E-state index contributed by atoms with van der Waals surface area (Å²) in [5.41, 5.74) is 0.532. The molecule has 1 aromatic carbocycles. The van der Waals surface area contributed by atoms with Gasteiger partial charge in [-0.05, 0) is 44.5 Å². The van der Waals surface area contributed by atoms with E-state index in [1.165, 1.54) is 0 Å². The van der Waals surface area contributed by atoms with Gasteiger partial charge in [0.15, 0.2) is 0 Å². The molecule has 0 bridgehead atoms. The van der Waals surface area contributed by atoms with Gasteiger partial charge in [-0.2, -0.15) is 0 Å². The van der Waals surface area contributed by atoms with E-state index in [0.717, 1.165) is 12.1 Å². The molecule has 3 nitrogen and oxygen atoms in total. The first-order valence-corrected chi connectivity index (χ1v) is 5.65. The van der Waals surface area contributed by atoms with Crippen LogP contribution < -0.4 is 10.6 Å². The highest BCUT2D eigenvalue weighted by atomic mass is 35.5. The Labute approximate surface area is 101 Å². The summed E-state index contributed by atoms with van der Waals surface area (Å²) in [4.78, 5) is 11.6. The number of urea groups is 1. The second kappa shape index (κ2) is 5.21. The van der Waals surface area contributed by atoms with Crippen LogP contribution in [0.2, 0.25) is 5.02 Å². The lowest BCUT2D eigenvalue weighted by Crippen LogP contribution is -2.45. The number of nitrogens with one attached hydrogen (secondary N) is 2. The molecule has 0 aromatic heterocycles. The van der Waals surface area contributed by atoms with Crippen molar-refractivity contribution in [2.24, 2.45) is 0 Å². The number of carbonyl (C=O) groups is 1. The van der Waals surface area contributed by atoms with E-state index in [2.05, 4.69) is 10.6 Å². The highest BCUT2D eigenvalue weighted by molar-refractivity contribution is 6.30. The Morgan fingerprint density at radius 2 is 1.88 bits per heavy atom. The fourth-order valence-electron chi connectivity index (χ4n) is 1.09. The van der Waals surface area contributed by atoms with Crippen LogP contribution in [0.25, 0.3) is 0 Å². The van der Waals surface area contributed by atoms with Crippen LogP contribution in [-0.2, 0) is 0 Å². The zero-order valence-electron chi connectivity index (χ0n) is 9.80. The molecule has 2 amide bonds. The maximum Gasteiger partial charge on any atom is 0.319 e. The zero-order chi connectivity index (χ0) is 12.2. The summed E-state index contributed by atoms with van der Waals surface area (Å²) in [6.45, 7) is 5.99. The van der Waals surface area contributed by atoms with Gasteiger partial charge in [0.2, 0.25) is 0 Å². The molecule has 4 heteroatoms. The minimum absolute atomic E-state index is 0.198. The number of amides is 2. The number of hydrogen-bond donors (Lipinski definition) is 2. The predicted molar refractivity (Wildman–Crippen MR) is 68.0 cm³/mol. The standard InChI is InChI=1S/C12H17ClN2O/c1-4-12(2,3)15-11(16)14-10-7-5-9(13)6-8-10/h5-8H,4H2,1-3H3,(H2,14,15,16). The predicted octanol–water partition coefficient (Wildman–Crippen LogP) is 3.65. The van der Waals surface area contributed by atoms with Gasteiger partial charge >= 0.3 is 6.03 Å². The number of halogens is 1. The highest BCUT2D eigenvalue weighted by Gasteiger charge is 2.17. The van der Waals surface area contributed by atoms with Gasteiger partial charge in [-0.15, -0.1) is 0 Å². The maximum atomic E-state index is 11.6. The van der Waals surface area contributed by atoms with Crippen LogP contribution in [0.3, 0.4) is 0 Å². The summed E-state index contributed by atoms with van der Waals surface area (Å²) in [6.07, 6.45) is 0.876. The van der Waals surface area contributed by atoms with E-state index in [-0.39, 0.29) is 11.6 Å². The molecule has 0 unspecified atom stereocenters. The van der Waals surface area contributed by atoms with Gasteiger partial charge in [0.1, 0.15) is 0 Å².